The summed E-state index contributed by atoms with van der Waals surface area (Å²) in [6.45, 7) is 8.40. The summed E-state index contributed by atoms with van der Waals surface area (Å²) in [4.78, 5) is 15.0. The molecule has 2 N–H and O–H groups in total. The SMILES string of the molecule is CC(C)(C)OC(=O)N1C[C@H](OCc2ccc(O)cc2)C(c2ccc(OCCCOCc3ccccc3)cc2)[C@H](OCc2ccc(O)cc2)C1. The first kappa shape index (κ1) is 35.7. The van der Waals surface area contributed by atoms with Gasteiger partial charge < -0.3 is 38.8 Å². The van der Waals surface area contributed by atoms with Crippen molar-refractivity contribution in [1.82, 2.24) is 4.90 Å². The summed E-state index contributed by atoms with van der Waals surface area (Å²) in [7, 11) is 0. The van der Waals surface area contributed by atoms with E-state index in [1.165, 1.54) is 0 Å². The molecule has 5 rings (SSSR count). The Morgan fingerprint density at radius 2 is 1.22 bits per heavy atom. The second kappa shape index (κ2) is 17.2. The summed E-state index contributed by atoms with van der Waals surface area (Å²) in [6, 6.07) is 31.8. The predicted molar refractivity (Wildman–Crippen MR) is 187 cm³/mol. The van der Waals surface area contributed by atoms with Crippen LogP contribution in [0.1, 0.15) is 55.4 Å². The van der Waals surface area contributed by atoms with Crippen LogP contribution in [0.4, 0.5) is 4.79 Å². The predicted octanol–water partition coefficient (Wildman–Crippen LogP) is 7.59. The minimum Gasteiger partial charge on any atom is -0.508 e. The van der Waals surface area contributed by atoms with Gasteiger partial charge in [-0.25, -0.2) is 4.79 Å². The van der Waals surface area contributed by atoms with Crippen molar-refractivity contribution in [3.63, 3.8) is 0 Å². The number of phenolic OH excluding ortho intramolecular Hbond substituents is 2. The quantitative estimate of drug-likeness (QED) is 0.132. The fraction of sp³-hybridized carbons (Fsp3) is 0.375. The number of nitrogens with zero attached hydrogens (tertiary/aromatic N) is 1. The lowest BCUT2D eigenvalue weighted by Crippen LogP contribution is -2.55. The van der Waals surface area contributed by atoms with E-state index < -0.39 is 23.9 Å². The number of rotatable bonds is 14. The Balaban J connectivity index is 1.30. The number of carbonyl (C=O) groups excluding carboxylic acids is 1. The standard InChI is InChI=1S/C40H47NO8/c1-40(2,3)49-39(44)41-24-36(47-27-30-10-16-33(42)17-11-30)38(37(25-41)48-28-31-12-18-34(43)19-13-31)32-14-20-35(21-15-32)46-23-7-22-45-26-29-8-5-4-6-9-29/h4-6,8-21,36-38,42-43H,7,22-28H2,1-3H3/t36-,37+,38?. The van der Waals surface area contributed by atoms with Gasteiger partial charge in [0, 0.05) is 12.3 Å². The second-order valence-corrected chi connectivity index (χ2v) is 13.3. The van der Waals surface area contributed by atoms with Crippen molar-refractivity contribution in [3.05, 3.63) is 125 Å². The molecule has 0 saturated carbocycles. The molecule has 1 heterocycles. The number of hydrogen-bond acceptors (Lipinski definition) is 8. The van der Waals surface area contributed by atoms with Gasteiger partial charge in [-0.3, -0.25) is 0 Å². The lowest BCUT2D eigenvalue weighted by atomic mass is 9.84. The number of likely N-dealkylation sites (tertiary alicyclic amines) is 1. The van der Waals surface area contributed by atoms with Gasteiger partial charge in [0.05, 0.1) is 58.3 Å². The molecule has 49 heavy (non-hydrogen) atoms. The molecular weight excluding hydrogens is 622 g/mol. The summed E-state index contributed by atoms with van der Waals surface area (Å²) in [5.41, 5.74) is 3.26. The van der Waals surface area contributed by atoms with Crippen molar-refractivity contribution in [2.45, 2.75) is 70.7 Å². The van der Waals surface area contributed by atoms with E-state index in [1.807, 2.05) is 99.6 Å². The highest BCUT2D eigenvalue weighted by Gasteiger charge is 2.42. The zero-order valence-corrected chi connectivity index (χ0v) is 28.5. The number of amides is 1. The third-order valence-corrected chi connectivity index (χ3v) is 8.13. The molecule has 0 bridgehead atoms. The van der Waals surface area contributed by atoms with Crippen LogP contribution in [0.3, 0.4) is 0 Å². The molecule has 9 heteroatoms. The molecule has 260 valence electrons. The van der Waals surface area contributed by atoms with E-state index in [2.05, 4.69) is 0 Å². The molecule has 1 aliphatic heterocycles. The second-order valence-electron chi connectivity index (χ2n) is 13.3. The maximum atomic E-state index is 13.4. The number of benzene rings is 4. The molecule has 0 radical (unpaired) electrons. The van der Waals surface area contributed by atoms with E-state index >= 15 is 0 Å². The normalized spacial score (nSPS) is 17.9. The minimum absolute atomic E-state index is 0.181. The number of phenols is 2. The fourth-order valence-corrected chi connectivity index (χ4v) is 5.69. The molecule has 1 unspecified atom stereocenters. The zero-order chi connectivity index (χ0) is 34.6. The van der Waals surface area contributed by atoms with E-state index in [4.69, 9.17) is 23.7 Å². The van der Waals surface area contributed by atoms with Crippen LogP contribution in [-0.2, 0) is 38.8 Å². The van der Waals surface area contributed by atoms with E-state index in [9.17, 15) is 15.0 Å². The molecule has 4 aromatic carbocycles. The van der Waals surface area contributed by atoms with Crippen LogP contribution in [0, 0.1) is 0 Å². The number of ether oxygens (including phenoxy) is 5. The highest BCUT2D eigenvalue weighted by atomic mass is 16.6. The number of hydrogen-bond donors (Lipinski definition) is 2. The molecule has 1 amide bonds. The van der Waals surface area contributed by atoms with Gasteiger partial charge in [-0.2, -0.15) is 0 Å². The molecule has 0 aliphatic carbocycles. The van der Waals surface area contributed by atoms with E-state index in [1.54, 1.807) is 29.2 Å². The molecule has 1 saturated heterocycles. The summed E-state index contributed by atoms with van der Waals surface area (Å²) in [5.74, 6) is 0.884. The average molecular weight is 670 g/mol. The molecule has 1 fully saturated rings. The Bertz CT molecular complexity index is 1510. The lowest BCUT2D eigenvalue weighted by molar-refractivity contribution is -0.100. The van der Waals surface area contributed by atoms with Crippen molar-refractivity contribution in [2.75, 3.05) is 26.3 Å². The molecule has 3 atom stereocenters. The molecular formula is C40H47NO8. The number of piperidine rings is 1. The summed E-state index contributed by atoms with van der Waals surface area (Å²) in [5, 5.41) is 19.5. The van der Waals surface area contributed by atoms with Crippen molar-refractivity contribution >= 4 is 6.09 Å². The minimum atomic E-state index is -0.664. The Hall–Kier alpha value is -4.57. The number of aromatic hydroxyl groups is 2. The Kier molecular flexibility index (Phi) is 12.5. The first-order chi connectivity index (χ1) is 23.6. The Morgan fingerprint density at radius 1 is 0.694 bits per heavy atom. The average Bonchev–Trinajstić information content (AvgIpc) is 3.09. The topological polar surface area (TPSA) is 107 Å². The highest BCUT2D eigenvalue weighted by Crippen LogP contribution is 2.35. The molecule has 9 nitrogen and oxygen atoms in total. The van der Waals surface area contributed by atoms with Crippen molar-refractivity contribution in [2.24, 2.45) is 0 Å². The largest absolute Gasteiger partial charge is 0.508 e. The maximum absolute atomic E-state index is 13.4. The van der Waals surface area contributed by atoms with Gasteiger partial charge in [0.15, 0.2) is 0 Å². The zero-order valence-electron chi connectivity index (χ0n) is 28.5. The molecule has 0 aromatic heterocycles. The highest BCUT2D eigenvalue weighted by molar-refractivity contribution is 5.68. The van der Waals surface area contributed by atoms with Gasteiger partial charge in [0.1, 0.15) is 22.8 Å². The van der Waals surface area contributed by atoms with Crippen molar-refractivity contribution in [1.29, 1.82) is 0 Å². The van der Waals surface area contributed by atoms with Gasteiger partial charge in [0.25, 0.3) is 0 Å². The van der Waals surface area contributed by atoms with E-state index in [-0.39, 0.29) is 30.6 Å². The first-order valence-electron chi connectivity index (χ1n) is 16.7. The fourth-order valence-electron chi connectivity index (χ4n) is 5.69. The van der Waals surface area contributed by atoms with E-state index in [0.29, 0.717) is 32.9 Å². The Labute approximate surface area is 289 Å². The summed E-state index contributed by atoms with van der Waals surface area (Å²) < 4.78 is 30.7. The molecule has 0 spiro atoms. The van der Waals surface area contributed by atoms with Crippen molar-refractivity contribution < 1.29 is 38.7 Å². The third-order valence-electron chi connectivity index (χ3n) is 8.13. The van der Waals surface area contributed by atoms with Gasteiger partial charge in [-0.05, 0) is 79.4 Å². The Morgan fingerprint density at radius 3 is 1.76 bits per heavy atom. The van der Waals surface area contributed by atoms with Crippen LogP contribution < -0.4 is 4.74 Å². The van der Waals surface area contributed by atoms with Gasteiger partial charge in [0.2, 0.25) is 0 Å². The lowest BCUT2D eigenvalue weighted by Gasteiger charge is -2.43. The van der Waals surface area contributed by atoms with Crippen LogP contribution >= 0.6 is 0 Å². The van der Waals surface area contributed by atoms with Crippen LogP contribution in [0.25, 0.3) is 0 Å². The van der Waals surface area contributed by atoms with Crippen LogP contribution in [0.5, 0.6) is 17.2 Å². The molecule has 4 aromatic rings. The van der Waals surface area contributed by atoms with Crippen molar-refractivity contribution in [3.8, 4) is 17.2 Å². The van der Waals surface area contributed by atoms with Crippen LogP contribution in [0.15, 0.2) is 103 Å². The van der Waals surface area contributed by atoms with Crippen LogP contribution in [0.2, 0.25) is 0 Å². The van der Waals surface area contributed by atoms with Gasteiger partial charge in [-0.15, -0.1) is 0 Å². The first-order valence-corrected chi connectivity index (χ1v) is 16.7. The summed E-state index contributed by atoms with van der Waals surface area (Å²) in [6.07, 6.45) is -0.543. The maximum Gasteiger partial charge on any atom is 0.410 e. The number of carbonyl (C=O) groups is 1. The monoisotopic (exact) mass is 669 g/mol. The van der Waals surface area contributed by atoms with Gasteiger partial charge >= 0.3 is 6.09 Å². The van der Waals surface area contributed by atoms with Crippen LogP contribution in [-0.4, -0.2) is 65.3 Å². The molecule has 1 aliphatic rings. The third kappa shape index (κ3) is 11.2. The summed E-state index contributed by atoms with van der Waals surface area (Å²) >= 11 is 0. The van der Waals surface area contributed by atoms with E-state index in [0.717, 1.165) is 34.4 Å². The smallest absolute Gasteiger partial charge is 0.410 e. The van der Waals surface area contributed by atoms with Gasteiger partial charge in [-0.1, -0.05) is 66.7 Å².